The summed E-state index contributed by atoms with van der Waals surface area (Å²) < 4.78 is 1.03. The highest BCUT2D eigenvalue weighted by atomic mass is 79.9. The molecule has 0 aliphatic carbocycles. The van der Waals surface area contributed by atoms with Crippen LogP contribution < -0.4 is 0 Å². The number of halogens is 1. The largest absolute Gasteiger partial charge is 0.385 e. The van der Waals surface area contributed by atoms with Crippen molar-refractivity contribution in [3.8, 4) is 0 Å². The number of rotatable bonds is 4. The van der Waals surface area contributed by atoms with Gasteiger partial charge in [-0.3, -0.25) is 0 Å². The highest BCUT2D eigenvalue weighted by Crippen LogP contribution is 2.26. The minimum Gasteiger partial charge on any atom is -0.385 e. The van der Waals surface area contributed by atoms with Gasteiger partial charge in [-0.25, -0.2) is 0 Å². The van der Waals surface area contributed by atoms with Gasteiger partial charge in [-0.15, -0.1) is 0 Å². The maximum atomic E-state index is 10.6. The van der Waals surface area contributed by atoms with Gasteiger partial charge in [-0.1, -0.05) is 59.3 Å². The Hall–Kier alpha value is -1.12. The third-order valence-corrected chi connectivity index (χ3v) is 3.97. The first kappa shape index (κ1) is 14.3. The van der Waals surface area contributed by atoms with Crippen molar-refractivity contribution >= 4 is 15.9 Å². The molecule has 2 heteroatoms. The van der Waals surface area contributed by atoms with E-state index in [1.807, 2.05) is 31.2 Å². The molecule has 0 aromatic heterocycles. The molecule has 1 N–H and O–H groups in total. The molecular weight excluding hydrogens is 300 g/mol. The molecule has 0 bridgehead atoms. The minimum atomic E-state index is -0.839. The van der Waals surface area contributed by atoms with Gasteiger partial charge in [0.15, 0.2) is 0 Å². The van der Waals surface area contributed by atoms with Crippen molar-refractivity contribution in [1.29, 1.82) is 0 Å². The molecule has 0 heterocycles. The van der Waals surface area contributed by atoms with Crippen molar-refractivity contribution in [3.63, 3.8) is 0 Å². The predicted octanol–water partition coefficient (Wildman–Crippen LogP) is 4.46. The van der Waals surface area contributed by atoms with Crippen molar-refractivity contribution < 1.29 is 5.11 Å². The SMILES string of the molecule is CCc1ccc(CC(C)(O)c2ccc(Br)cc2)cc1. The molecule has 2 aromatic carbocycles. The number of hydrogen-bond donors (Lipinski definition) is 1. The molecule has 0 radical (unpaired) electrons. The first-order valence-corrected chi connectivity index (χ1v) is 7.37. The summed E-state index contributed by atoms with van der Waals surface area (Å²) in [5.74, 6) is 0. The van der Waals surface area contributed by atoms with Crippen LogP contribution in [0.15, 0.2) is 53.0 Å². The highest BCUT2D eigenvalue weighted by molar-refractivity contribution is 9.10. The summed E-state index contributed by atoms with van der Waals surface area (Å²) >= 11 is 3.41. The molecule has 2 rings (SSSR count). The number of hydrogen-bond acceptors (Lipinski definition) is 1. The average molecular weight is 319 g/mol. The van der Waals surface area contributed by atoms with Crippen LogP contribution in [0.3, 0.4) is 0 Å². The van der Waals surface area contributed by atoms with Gasteiger partial charge in [0.1, 0.15) is 0 Å². The molecule has 0 saturated heterocycles. The molecule has 100 valence electrons. The zero-order chi connectivity index (χ0) is 13.9. The van der Waals surface area contributed by atoms with E-state index in [2.05, 4.69) is 47.1 Å². The van der Waals surface area contributed by atoms with Crippen molar-refractivity contribution in [3.05, 3.63) is 69.7 Å². The van der Waals surface area contributed by atoms with Crippen LogP contribution in [0.25, 0.3) is 0 Å². The molecule has 2 aromatic rings. The lowest BCUT2D eigenvalue weighted by Gasteiger charge is -2.24. The lowest BCUT2D eigenvalue weighted by molar-refractivity contribution is 0.0576. The van der Waals surface area contributed by atoms with E-state index in [9.17, 15) is 5.11 Å². The topological polar surface area (TPSA) is 20.2 Å². The summed E-state index contributed by atoms with van der Waals surface area (Å²) in [6.45, 7) is 4.01. The van der Waals surface area contributed by atoms with Gasteiger partial charge in [-0.05, 0) is 42.2 Å². The van der Waals surface area contributed by atoms with Crippen LogP contribution >= 0.6 is 15.9 Å². The summed E-state index contributed by atoms with van der Waals surface area (Å²) in [5, 5.41) is 10.6. The predicted molar refractivity (Wildman–Crippen MR) is 83.2 cm³/mol. The number of aryl methyl sites for hydroxylation is 1. The highest BCUT2D eigenvalue weighted by Gasteiger charge is 2.23. The fourth-order valence-electron chi connectivity index (χ4n) is 2.20. The minimum absolute atomic E-state index is 0.624. The van der Waals surface area contributed by atoms with Crippen LogP contribution in [0.1, 0.15) is 30.5 Å². The quantitative estimate of drug-likeness (QED) is 0.882. The summed E-state index contributed by atoms with van der Waals surface area (Å²) in [5.41, 5.74) is 2.58. The van der Waals surface area contributed by atoms with Crippen LogP contribution in [-0.4, -0.2) is 5.11 Å². The van der Waals surface area contributed by atoms with E-state index >= 15 is 0 Å². The molecule has 0 amide bonds. The Balaban J connectivity index is 2.17. The standard InChI is InChI=1S/C17H19BrO/c1-3-13-4-6-14(7-5-13)12-17(2,19)15-8-10-16(18)11-9-15/h4-11,19H,3,12H2,1-2H3. The summed E-state index contributed by atoms with van der Waals surface area (Å²) in [7, 11) is 0. The van der Waals surface area contributed by atoms with Crippen LogP contribution in [0.5, 0.6) is 0 Å². The fourth-order valence-corrected chi connectivity index (χ4v) is 2.47. The normalized spacial score (nSPS) is 14.1. The van der Waals surface area contributed by atoms with E-state index < -0.39 is 5.60 Å². The Morgan fingerprint density at radius 1 is 0.947 bits per heavy atom. The summed E-state index contributed by atoms with van der Waals surface area (Å²) in [6.07, 6.45) is 1.67. The monoisotopic (exact) mass is 318 g/mol. The van der Waals surface area contributed by atoms with Crippen LogP contribution in [0.2, 0.25) is 0 Å². The molecule has 0 spiro atoms. The molecular formula is C17H19BrO. The Kier molecular flexibility index (Phi) is 4.43. The second-order valence-electron chi connectivity index (χ2n) is 5.13. The van der Waals surface area contributed by atoms with Crippen LogP contribution in [0.4, 0.5) is 0 Å². The van der Waals surface area contributed by atoms with E-state index in [1.165, 1.54) is 5.56 Å². The van der Waals surface area contributed by atoms with E-state index in [1.54, 1.807) is 0 Å². The lowest BCUT2D eigenvalue weighted by Crippen LogP contribution is -2.24. The Bertz CT molecular complexity index is 526. The molecule has 0 aliphatic rings. The van der Waals surface area contributed by atoms with Crippen molar-refractivity contribution in [2.24, 2.45) is 0 Å². The van der Waals surface area contributed by atoms with Gasteiger partial charge in [-0.2, -0.15) is 0 Å². The van der Waals surface area contributed by atoms with Gasteiger partial charge in [0.2, 0.25) is 0 Å². The molecule has 1 atom stereocenters. The summed E-state index contributed by atoms with van der Waals surface area (Å²) in [4.78, 5) is 0. The second kappa shape index (κ2) is 5.89. The Labute approximate surface area is 123 Å². The molecule has 0 saturated carbocycles. The maximum absolute atomic E-state index is 10.6. The van der Waals surface area contributed by atoms with Crippen molar-refractivity contribution in [2.45, 2.75) is 32.3 Å². The maximum Gasteiger partial charge on any atom is 0.0908 e. The Morgan fingerprint density at radius 2 is 1.47 bits per heavy atom. The number of aliphatic hydroxyl groups is 1. The van der Waals surface area contributed by atoms with Gasteiger partial charge in [0, 0.05) is 10.9 Å². The third-order valence-electron chi connectivity index (χ3n) is 3.45. The van der Waals surface area contributed by atoms with E-state index in [4.69, 9.17) is 0 Å². The van der Waals surface area contributed by atoms with E-state index in [-0.39, 0.29) is 0 Å². The van der Waals surface area contributed by atoms with Gasteiger partial charge in [0.05, 0.1) is 5.60 Å². The Morgan fingerprint density at radius 3 is 2.00 bits per heavy atom. The zero-order valence-corrected chi connectivity index (χ0v) is 12.9. The smallest absolute Gasteiger partial charge is 0.0908 e. The fraction of sp³-hybridized carbons (Fsp3) is 0.294. The molecule has 1 nitrogen and oxygen atoms in total. The lowest BCUT2D eigenvalue weighted by atomic mass is 9.89. The van der Waals surface area contributed by atoms with E-state index in [0.717, 1.165) is 22.0 Å². The first-order valence-electron chi connectivity index (χ1n) is 6.57. The summed E-state index contributed by atoms with van der Waals surface area (Å²) in [6, 6.07) is 16.3. The number of benzene rings is 2. The molecule has 0 aliphatic heterocycles. The average Bonchev–Trinajstić information content (AvgIpc) is 2.40. The molecule has 1 unspecified atom stereocenters. The van der Waals surface area contributed by atoms with Crippen LogP contribution in [-0.2, 0) is 18.4 Å². The van der Waals surface area contributed by atoms with Crippen molar-refractivity contribution in [1.82, 2.24) is 0 Å². The second-order valence-corrected chi connectivity index (χ2v) is 6.04. The van der Waals surface area contributed by atoms with Crippen molar-refractivity contribution in [2.75, 3.05) is 0 Å². The van der Waals surface area contributed by atoms with Crippen LogP contribution in [0, 0.1) is 0 Å². The van der Waals surface area contributed by atoms with Gasteiger partial charge < -0.3 is 5.11 Å². The molecule has 0 fully saturated rings. The van der Waals surface area contributed by atoms with Gasteiger partial charge in [0.25, 0.3) is 0 Å². The van der Waals surface area contributed by atoms with E-state index in [0.29, 0.717) is 6.42 Å². The third kappa shape index (κ3) is 3.68. The molecule has 19 heavy (non-hydrogen) atoms. The first-order chi connectivity index (χ1) is 9.01. The van der Waals surface area contributed by atoms with Gasteiger partial charge >= 0.3 is 0 Å². The zero-order valence-electron chi connectivity index (χ0n) is 11.4.